The number of hydrogen-bond acceptors (Lipinski definition) is 5. The molecule has 4 rings (SSSR count). The van der Waals surface area contributed by atoms with E-state index >= 15 is 0 Å². The minimum Gasteiger partial charge on any atom is -0.467 e. The van der Waals surface area contributed by atoms with Crippen LogP contribution in [0.5, 0.6) is 11.5 Å². The maximum atomic E-state index is 13.4. The first-order valence-electron chi connectivity index (χ1n) is 10.5. The summed E-state index contributed by atoms with van der Waals surface area (Å²) in [6, 6.07) is 13.7. The first-order valence-corrected chi connectivity index (χ1v) is 11.2. The Balaban J connectivity index is 1.54. The third-order valence-corrected chi connectivity index (χ3v) is 5.96. The molecule has 0 aliphatic carbocycles. The Hall–Kier alpha value is -3.42. The number of carbonyl (C=O) groups excluding carboxylic acids is 2. The van der Waals surface area contributed by atoms with Gasteiger partial charge in [0.1, 0.15) is 12.3 Å². The Bertz CT molecular complexity index is 1200. The van der Waals surface area contributed by atoms with Crippen molar-refractivity contribution in [2.45, 2.75) is 13.1 Å². The molecule has 1 aromatic heterocycles. The van der Waals surface area contributed by atoms with Gasteiger partial charge in [-0.2, -0.15) is 0 Å². The molecule has 0 radical (unpaired) electrons. The summed E-state index contributed by atoms with van der Waals surface area (Å²) in [5.74, 6) is 1.31. The van der Waals surface area contributed by atoms with E-state index in [9.17, 15) is 9.59 Å². The highest BCUT2D eigenvalue weighted by Crippen LogP contribution is 2.33. The molecule has 34 heavy (non-hydrogen) atoms. The molecule has 2 aromatic carbocycles. The zero-order valence-electron chi connectivity index (χ0n) is 18.2. The van der Waals surface area contributed by atoms with Crippen molar-refractivity contribution in [2.75, 3.05) is 19.9 Å². The Morgan fingerprint density at radius 3 is 2.53 bits per heavy atom. The number of hydrogen-bond donors (Lipinski definition) is 0. The van der Waals surface area contributed by atoms with Gasteiger partial charge in [-0.05, 0) is 48.0 Å². The van der Waals surface area contributed by atoms with Gasteiger partial charge in [-0.25, -0.2) is 0 Å². The van der Waals surface area contributed by atoms with Gasteiger partial charge in [0.15, 0.2) is 11.5 Å². The van der Waals surface area contributed by atoms with Crippen LogP contribution in [0.3, 0.4) is 0 Å². The maximum absolute atomic E-state index is 13.4. The number of fused-ring (bicyclic) bond motifs is 1. The standard InChI is InChI=1S/C25H22Cl2N2O5/c1-2-9-28(25(31)18-6-7-20(26)21(27)12-18)15-24(30)29(14-19-4-3-10-32-19)13-17-5-8-22-23(11-17)34-16-33-22/h2-8,10-12H,1,9,13-16H2. The molecule has 2 amide bonds. The Morgan fingerprint density at radius 1 is 0.971 bits per heavy atom. The van der Waals surface area contributed by atoms with Gasteiger partial charge in [0, 0.05) is 18.7 Å². The lowest BCUT2D eigenvalue weighted by molar-refractivity contribution is -0.133. The van der Waals surface area contributed by atoms with E-state index in [2.05, 4.69) is 6.58 Å². The summed E-state index contributed by atoms with van der Waals surface area (Å²) in [5.41, 5.74) is 1.19. The lowest BCUT2D eigenvalue weighted by Gasteiger charge is -2.27. The number of benzene rings is 2. The number of amides is 2. The van der Waals surface area contributed by atoms with Crippen molar-refractivity contribution >= 4 is 35.0 Å². The molecule has 0 spiro atoms. The van der Waals surface area contributed by atoms with Crippen LogP contribution in [0.1, 0.15) is 21.7 Å². The summed E-state index contributed by atoms with van der Waals surface area (Å²) < 4.78 is 16.3. The molecule has 0 saturated heterocycles. The molecule has 0 atom stereocenters. The van der Waals surface area contributed by atoms with Crippen molar-refractivity contribution in [2.24, 2.45) is 0 Å². The van der Waals surface area contributed by atoms with Crippen LogP contribution in [-0.2, 0) is 17.9 Å². The van der Waals surface area contributed by atoms with Crippen molar-refractivity contribution < 1.29 is 23.5 Å². The number of rotatable bonds is 9. The highest BCUT2D eigenvalue weighted by molar-refractivity contribution is 6.42. The number of furan rings is 1. The van der Waals surface area contributed by atoms with Gasteiger partial charge >= 0.3 is 0 Å². The van der Waals surface area contributed by atoms with E-state index in [-0.39, 0.29) is 43.3 Å². The highest BCUT2D eigenvalue weighted by Gasteiger charge is 2.24. The molecule has 7 nitrogen and oxygen atoms in total. The monoisotopic (exact) mass is 500 g/mol. The number of nitrogens with zero attached hydrogens (tertiary/aromatic N) is 2. The average molecular weight is 501 g/mol. The zero-order chi connectivity index (χ0) is 24.1. The van der Waals surface area contributed by atoms with Gasteiger partial charge in [0.25, 0.3) is 5.91 Å². The fraction of sp³-hybridized carbons (Fsp3) is 0.200. The van der Waals surface area contributed by atoms with Gasteiger partial charge in [0.2, 0.25) is 12.7 Å². The number of carbonyl (C=O) groups is 2. The predicted octanol–water partition coefficient (Wildman–Crippen LogP) is 5.17. The Kier molecular flexibility index (Phi) is 7.45. The van der Waals surface area contributed by atoms with Gasteiger partial charge < -0.3 is 23.7 Å². The van der Waals surface area contributed by atoms with Gasteiger partial charge in [-0.1, -0.05) is 35.3 Å². The molecule has 1 aliphatic rings. The van der Waals surface area contributed by atoms with Crippen LogP contribution < -0.4 is 9.47 Å². The van der Waals surface area contributed by atoms with E-state index in [0.29, 0.717) is 34.4 Å². The van der Waals surface area contributed by atoms with Crippen LogP contribution in [0.25, 0.3) is 0 Å². The van der Waals surface area contributed by atoms with Crippen LogP contribution in [0.2, 0.25) is 10.0 Å². The van der Waals surface area contributed by atoms with Gasteiger partial charge in [-0.15, -0.1) is 6.58 Å². The first kappa shape index (κ1) is 23.7. The summed E-state index contributed by atoms with van der Waals surface area (Å²) in [4.78, 5) is 29.5. The number of ether oxygens (including phenoxy) is 2. The molecule has 0 unspecified atom stereocenters. The average Bonchev–Trinajstić information content (AvgIpc) is 3.51. The van der Waals surface area contributed by atoms with Crippen LogP contribution in [-0.4, -0.2) is 41.5 Å². The van der Waals surface area contributed by atoms with Crippen molar-refractivity contribution in [3.05, 3.63) is 94.4 Å². The largest absolute Gasteiger partial charge is 0.467 e. The minimum atomic E-state index is -0.354. The Morgan fingerprint density at radius 2 is 1.79 bits per heavy atom. The van der Waals surface area contributed by atoms with Crippen LogP contribution in [0, 0.1) is 0 Å². The fourth-order valence-electron chi connectivity index (χ4n) is 3.53. The van der Waals surface area contributed by atoms with E-state index in [4.69, 9.17) is 37.1 Å². The predicted molar refractivity (Wildman–Crippen MR) is 128 cm³/mol. The van der Waals surface area contributed by atoms with Gasteiger partial charge in [0.05, 0.1) is 22.9 Å². The molecule has 0 fully saturated rings. The first-order chi connectivity index (χ1) is 16.4. The van der Waals surface area contributed by atoms with Crippen molar-refractivity contribution in [1.29, 1.82) is 0 Å². The maximum Gasteiger partial charge on any atom is 0.254 e. The van der Waals surface area contributed by atoms with Crippen LogP contribution >= 0.6 is 23.2 Å². The van der Waals surface area contributed by atoms with Crippen LogP contribution in [0.15, 0.2) is 71.9 Å². The Labute approximate surface area is 207 Å². The third-order valence-electron chi connectivity index (χ3n) is 5.22. The van der Waals surface area contributed by atoms with E-state index in [0.717, 1.165) is 5.56 Å². The quantitative estimate of drug-likeness (QED) is 0.379. The summed E-state index contributed by atoms with van der Waals surface area (Å²) >= 11 is 12.1. The SMILES string of the molecule is C=CCN(CC(=O)N(Cc1ccc2c(c1)OCO2)Cc1ccco1)C(=O)c1ccc(Cl)c(Cl)c1. The molecular formula is C25H22Cl2N2O5. The molecular weight excluding hydrogens is 479 g/mol. The second-order valence-electron chi connectivity index (χ2n) is 7.62. The molecule has 2 heterocycles. The summed E-state index contributed by atoms with van der Waals surface area (Å²) in [6.07, 6.45) is 3.12. The summed E-state index contributed by atoms with van der Waals surface area (Å²) in [6.45, 7) is 4.44. The minimum absolute atomic E-state index is 0.156. The molecule has 0 N–H and O–H groups in total. The number of halogens is 2. The van der Waals surface area contributed by atoms with Crippen molar-refractivity contribution in [3.8, 4) is 11.5 Å². The molecule has 3 aromatic rings. The molecule has 176 valence electrons. The van der Waals surface area contributed by atoms with E-state index in [1.807, 2.05) is 18.2 Å². The van der Waals surface area contributed by atoms with Crippen LogP contribution in [0.4, 0.5) is 0 Å². The van der Waals surface area contributed by atoms with Crippen molar-refractivity contribution in [3.63, 3.8) is 0 Å². The lowest BCUT2D eigenvalue weighted by Crippen LogP contribution is -2.42. The fourth-order valence-corrected chi connectivity index (χ4v) is 3.83. The van der Waals surface area contributed by atoms with E-state index in [1.54, 1.807) is 41.5 Å². The van der Waals surface area contributed by atoms with E-state index in [1.165, 1.54) is 11.0 Å². The summed E-state index contributed by atoms with van der Waals surface area (Å²) in [5, 5.41) is 0.609. The van der Waals surface area contributed by atoms with Gasteiger partial charge in [-0.3, -0.25) is 9.59 Å². The summed E-state index contributed by atoms with van der Waals surface area (Å²) in [7, 11) is 0. The molecule has 1 aliphatic heterocycles. The lowest BCUT2D eigenvalue weighted by atomic mass is 10.1. The smallest absolute Gasteiger partial charge is 0.254 e. The topological polar surface area (TPSA) is 72.2 Å². The zero-order valence-corrected chi connectivity index (χ0v) is 19.7. The molecule has 0 bridgehead atoms. The normalized spacial score (nSPS) is 11.8. The van der Waals surface area contributed by atoms with Crippen molar-refractivity contribution in [1.82, 2.24) is 9.80 Å². The second kappa shape index (κ2) is 10.7. The molecule has 9 heteroatoms. The second-order valence-corrected chi connectivity index (χ2v) is 8.43. The van der Waals surface area contributed by atoms with E-state index < -0.39 is 0 Å². The highest BCUT2D eigenvalue weighted by atomic mass is 35.5. The molecule has 0 saturated carbocycles. The third kappa shape index (κ3) is 5.55.